The van der Waals surface area contributed by atoms with Gasteiger partial charge in [-0.3, -0.25) is 52.7 Å². The summed E-state index contributed by atoms with van der Waals surface area (Å²) in [5, 5.41) is 0.772. The fourth-order valence-corrected chi connectivity index (χ4v) is 19.0. The van der Waals surface area contributed by atoms with Gasteiger partial charge in [0.05, 0.1) is 11.4 Å². The van der Waals surface area contributed by atoms with Gasteiger partial charge in [-0.15, -0.1) is 11.3 Å². The van der Waals surface area contributed by atoms with E-state index < -0.39 is 0 Å². The van der Waals surface area contributed by atoms with Crippen LogP contribution in [-0.4, -0.2) is 63.7 Å². The average Bonchev–Trinajstić information content (AvgIpc) is 1.60. The zero-order valence-corrected chi connectivity index (χ0v) is 89.0. The maximum Gasteiger partial charge on any atom is 0.258 e. The SMILES string of the molecule is CC(C)C(=O)C(C)c1ccc(C(=O)c2ccccc2)s1.CC(C)C(=O)C(C)c1ccc(CC2CCCC2=O)cc1.CC(C)C(=O)C(C)c1ccc(N2Cc3ccccc3C2=O)cc1.CC(C)C(=O)C(C)c1ccc2c(c1)Cc1ccc(Cl)cc1-2.CC(C)C(=O)C(C)c1cccc(C(=O)c2ccccc2)c1.CC(C)C(=O)C(C)c1cccc(Oc2ccccc2)c1.CC(C)Cc1ccc(C(C)C(=O)C(C)C)cc1. The van der Waals surface area contributed by atoms with Crippen molar-refractivity contribution in [1.82, 2.24) is 0 Å². The van der Waals surface area contributed by atoms with Gasteiger partial charge >= 0.3 is 0 Å². The molecule has 15 rings (SSSR count). The molecule has 0 saturated heterocycles. The van der Waals surface area contributed by atoms with Crippen molar-refractivity contribution in [2.24, 2.45) is 53.3 Å². The van der Waals surface area contributed by atoms with E-state index in [1.54, 1.807) is 23.1 Å². The van der Waals surface area contributed by atoms with Gasteiger partial charge in [0.15, 0.2) is 5.78 Å². The van der Waals surface area contributed by atoms with E-state index in [1.807, 2.05) is 352 Å². The van der Waals surface area contributed by atoms with Crippen LogP contribution < -0.4 is 9.64 Å². The number of carbonyl (C=O) groups is 11. The van der Waals surface area contributed by atoms with Crippen LogP contribution in [0.1, 0.15) is 328 Å². The summed E-state index contributed by atoms with van der Waals surface area (Å²) in [5.41, 5.74) is 18.6. The number of hydrogen-bond acceptors (Lipinski definition) is 13. The van der Waals surface area contributed by atoms with Gasteiger partial charge in [0.25, 0.3) is 5.91 Å². The first-order valence-corrected chi connectivity index (χ1v) is 51.7. The number of amides is 1. The first-order chi connectivity index (χ1) is 67.4. The number of Topliss-reactive ketones (excluding diaryl/α,β-unsaturated/α-hetero) is 8. The Kier molecular flexibility index (Phi) is 43.0. The van der Waals surface area contributed by atoms with Crippen LogP contribution in [0.2, 0.25) is 5.02 Å². The van der Waals surface area contributed by atoms with Gasteiger partial charge in [-0.2, -0.15) is 0 Å². The molecule has 0 bridgehead atoms. The van der Waals surface area contributed by atoms with Crippen molar-refractivity contribution in [3.8, 4) is 22.6 Å². The molecule has 0 N–H and O–H groups in total. The van der Waals surface area contributed by atoms with E-state index in [-0.39, 0.29) is 135 Å². The highest BCUT2D eigenvalue weighted by atomic mass is 35.5. The van der Waals surface area contributed by atoms with Crippen molar-refractivity contribution in [1.29, 1.82) is 0 Å². The fourth-order valence-electron chi connectivity index (χ4n) is 17.8. The molecule has 15 heteroatoms. The van der Waals surface area contributed by atoms with Crippen molar-refractivity contribution in [3.05, 3.63) is 383 Å². The van der Waals surface area contributed by atoms with Gasteiger partial charge in [0.2, 0.25) is 5.78 Å². The van der Waals surface area contributed by atoms with Crippen LogP contribution in [0.25, 0.3) is 11.1 Å². The number of carbonyl (C=O) groups excluding carboxylic acids is 11. The summed E-state index contributed by atoms with van der Waals surface area (Å²) in [5.74, 6) is 4.44. The van der Waals surface area contributed by atoms with Crippen molar-refractivity contribution < 1.29 is 57.5 Å². The third-order valence-corrected chi connectivity index (χ3v) is 28.2. The van der Waals surface area contributed by atoms with Crippen LogP contribution in [0, 0.1) is 53.3 Å². The lowest BCUT2D eigenvalue weighted by Crippen LogP contribution is -2.23. The van der Waals surface area contributed by atoms with E-state index in [0.29, 0.717) is 51.4 Å². The first-order valence-electron chi connectivity index (χ1n) is 50.5. The zero-order chi connectivity index (χ0) is 104. The lowest BCUT2D eigenvalue weighted by Gasteiger charge is -2.18. The van der Waals surface area contributed by atoms with E-state index in [4.69, 9.17) is 16.3 Å². The third kappa shape index (κ3) is 31.7. The van der Waals surface area contributed by atoms with Gasteiger partial charge in [-0.05, 0) is 183 Å². The van der Waals surface area contributed by atoms with Crippen LogP contribution in [0.5, 0.6) is 11.5 Å². The Balaban J connectivity index is 0.000000185. The van der Waals surface area contributed by atoms with Crippen LogP contribution in [-0.2, 0) is 64.2 Å². The molecule has 1 aliphatic heterocycles. The molecule has 142 heavy (non-hydrogen) atoms. The number of para-hydroxylation sites is 1. The molecule has 12 aromatic rings. The van der Waals surface area contributed by atoms with Crippen LogP contribution in [0.15, 0.2) is 285 Å². The van der Waals surface area contributed by atoms with Gasteiger partial charge < -0.3 is 9.64 Å². The van der Waals surface area contributed by atoms with E-state index >= 15 is 0 Å². The Bertz CT molecular complexity index is 6260. The molecule has 11 aromatic carbocycles. The summed E-state index contributed by atoms with van der Waals surface area (Å²) in [4.78, 5) is 137. The van der Waals surface area contributed by atoms with Crippen LogP contribution in [0.4, 0.5) is 5.69 Å². The largest absolute Gasteiger partial charge is 0.457 e. The molecule has 0 radical (unpaired) electrons. The summed E-state index contributed by atoms with van der Waals surface area (Å²) < 4.78 is 5.80. The number of nitrogens with zero attached hydrogens (tertiary/aromatic N) is 1. The quantitative estimate of drug-likeness (QED) is 0.0362. The Labute approximate surface area is 853 Å². The number of hydrogen-bond donors (Lipinski definition) is 0. The van der Waals surface area contributed by atoms with E-state index in [1.165, 1.54) is 44.7 Å². The Hall–Kier alpha value is -12.6. The van der Waals surface area contributed by atoms with Crippen molar-refractivity contribution in [2.75, 3.05) is 4.90 Å². The third-order valence-electron chi connectivity index (χ3n) is 26.7. The van der Waals surface area contributed by atoms with E-state index in [0.717, 1.165) is 110 Å². The molecule has 8 unspecified atom stereocenters. The highest BCUT2D eigenvalue weighted by Crippen LogP contribution is 2.41. The predicted molar refractivity (Wildman–Crippen MR) is 582 cm³/mol. The maximum absolute atomic E-state index is 12.5. The van der Waals surface area contributed by atoms with Crippen LogP contribution >= 0.6 is 22.9 Å². The highest BCUT2D eigenvalue weighted by molar-refractivity contribution is 7.14. The standard InChI is InChI=1S/C20H21NO2.C19H19ClO.C19H20O2.C18H24O2.C18H20O2.C17H18O2S.C16H24O/c1-13(2)19(22)14(3)15-8-10-17(11-9-15)21-12-16-6-4-5-7-18(16)20(21)23;1-11(2)19(21)12(3)13-5-7-17-15(8-13)9-14-4-6-16(20)10-18(14)17;1-13(2)18(20)14(3)16-10-7-11-17(12-16)19(21)15-8-5-4-6-9-15;1-12(2)18(20)13(3)15-9-7-14(8-10-15)11-16-5-4-6-17(16)19;1-13(2)18(19)14(3)15-8-7-11-17(12-15)20-16-9-5-4-6-10-16;1-11(2)16(18)12(3)14-9-10-15(20-14)17(19)13-7-5-4-6-8-13;1-11(2)10-14-6-8-15(9-7-14)13(5)16(17)12(3)4/h4-11,13-14H,12H2,1-3H3;4-8,10-12H,9H2,1-3H3;4-14H,1-3H3;7-10,12-13,16H,4-6,11H2,1-3H3;4-14H,1-3H3;4-12H,1-3H3;6-9,11-13H,10H2,1-5H3. The topological polar surface area (TPSA) is 200 Å². The van der Waals surface area contributed by atoms with E-state index in [2.05, 4.69) is 74.5 Å². The normalized spacial score (nSPS) is 14.2. The Morgan fingerprint density at radius 1 is 0.338 bits per heavy atom. The molecule has 13 nitrogen and oxygen atoms in total. The van der Waals surface area contributed by atoms with Crippen molar-refractivity contribution in [2.45, 2.75) is 246 Å². The van der Waals surface area contributed by atoms with Crippen molar-refractivity contribution >= 4 is 92.4 Å². The number of anilines is 1. The lowest BCUT2D eigenvalue weighted by atomic mass is 9.89. The Morgan fingerprint density at radius 2 is 0.746 bits per heavy atom. The second-order valence-corrected chi connectivity index (χ2v) is 42.1. The summed E-state index contributed by atoms with van der Waals surface area (Å²) in [6, 6.07) is 91.6. The predicted octanol–water partition coefficient (Wildman–Crippen LogP) is 30.9. The highest BCUT2D eigenvalue weighted by Gasteiger charge is 2.32. The number of thiophene rings is 1. The first kappa shape index (κ1) is 113. The molecule has 1 aromatic heterocycles. The van der Waals surface area contributed by atoms with Crippen molar-refractivity contribution in [3.63, 3.8) is 0 Å². The number of fused-ring (bicyclic) bond motifs is 4. The number of ether oxygens (including phenoxy) is 1. The smallest absolute Gasteiger partial charge is 0.258 e. The molecule has 0 spiro atoms. The molecule has 2 aliphatic carbocycles. The molecule has 1 amide bonds. The maximum atomic E-state index is 12.5. The average molecular weight is 1950 g/mol. The van der Waals surface area contributed by atoms with E-state index in [9.17, 15) is 52.7 Å². The monoisotopic (exact) mass is 1940 g/mol. The summed E-state index contributed by atoms with van der Waals surface area (Å²) in [6.45, 7) is 45.8. The number of benzene rings is 11. The minimum atomic E-state index is -0.187. The molecule has 3 aliphatic rings. The fraction of sp³-hybridized carbons (Fsp3) is 0.362. The minimum Gasteiger partial charge on any atom is -0.457 e. The molecule has 1 saturated carbocycles. The van der Waals surface area contributed by atoms with Gasteiger partial charge in [-0.25, -0.2) is 0 Å². The summed E-state index contributed by atoms with van der Waals surface area (Å²) in [6.07, 6.45) is 5.71. The van der Waals surface area contributed by atoms with Gasteiger partial charge in [0.1, 0.15) is 57.8 Å². The molecule has 744 valence electrons. The molecule has 1 fully saturated rings. The van der Waals surface area contributed by atoms with Gasteiger partial charge in [0, 0.05) is 133 Å². The number of halogens is 1. The van der Waals surface area contributed by atoms with Crippen LogP contribution in [0.3, 0.4) is 0 Å². The molecule has 2 heterocycles. The molecular formula is C127H146ClNO12S. The second-order valence-electron chi connectivity index (χ2n) is 40.5. The van der Waals surface area contributed by atoms with Gasteiger partial charge in [-0.1, -0.05) is 383 Å². The molecule has 8 atom stereocenters. The number of rotatable bonds is 32. The summed E-state index contributed by atoms with van der Waals surface area (Å²) >= 11 is 7.52. The summed E-state index contributed by atoms with van der Waals surface area (Å²) in [7, 11) is 0. The number of ketones is 10. The minimum absolute atomic E-state index is 0.00604. The Morgan fingerprint density at radius 3 is 1.22 bits per heavy atom. The zero-order valence-electron chi connectivity index (χ0n) is 87.5. The molecular weight excluding hydrogens is 1800 g/mol. The second kappa shape index (κ2) is 54.0. The lowest BCUT2D eigenvalue weighted by molar-refractivity contribution is -0.123.